The molecule has 0 saturated heterocycles. The molecule has 0 bridgehead atoms. The summed E-state index contributed by atoms with van der Waals surface area (Å²) in [6, 6.07) is 7.69. The molecule has 1 saturated carbocycles. The number of aromatic amines is 1. The van der Waals surface area contributed by atoms with Crippen LogP contribution in [0.1, 0.15) is 49.0 Å². The van der Waals surface area contributed by atoms with Crippen LogP contribution in [0, 0.1) is 0 Å². The number of H-pyrrole nitrogens is 1. The van der Waals surface area contributed by atoms with E-state index in [4.69, 9.17) is 4.74 Å². The topological polar surface area (TPSA) is 57.4 Å². The van der Waals surface area contributed by atoms with Gasteiger partial charge in [0.05, 0.1) is 7.11 Å². The van der Waals surface area contributed by atoms with Gasteiger partial charge in [-0.05, 0) is 45.1 Å². The summed E-state index contributed by atoms with van der Waals surface area (Å²) in [7, 11) is 5.91. The summed E-state index contributed by atoms with van der Waals surface area (Å²) in [6.07, 6.45) is 7.36. The second-order valence-corrected chi connectivity index (χ2v) is 7.35. The van der Waals surface area contributed by atoms with Gasteiger partial charge in [0.25, 0.3) is 5.91 Å². The van der Waals surface area contributed by atoms with Crippen molar-refractivity contribution >= 4 is 16.8 Å². The number of amides is 1. The number of benzene rings is 1. The fourth-order valence-electron chi connectivity index (χ4n) is 3.86. The Kier molecular flexibility index (Phi) is 5.33. The van der Waals surface area contributed by atoms with Crippen molar-refractivity contribution in [3.63, 3.8) is 0 Å². The van der Waals surface area contributed by atoms with Gasteiger partial charge in [-0.25, -0.2) is 0 Å². The summed E-state index contributed by atoms with van der Waals surface area (Å²) < 4.78 is 5.24. The van der Waals surface area contributed by atoms with Crippen LogP contribution in [0.25, 0.3) is 10.9 Å². The van der Waals surface area contributed by atoms with Crippen LogP contribution < -0.4 is 10.1 Å². The van der Waals surface area contributed by atoms with Gasteiger partial charge in [0.15, 0.2) is 0 Å². The lowest BCUT2D eigenvalue weighted by molar-refractivity contribution is 0.0865. The molecule has 5 nitrogen and oxygen atoms in total. The lowest BCUT2D eigenvalue weighted by Crippen LogP contribution is -2.52. The van der Waals surface area contributed by atoms with Crippen LogP contribution in [0.4, 0.5) is 0 Å². The average Bonchev–Trinajstić information content (AvgIpc) is 2.88. The standard InChI is InChI=1S/C20H29N3O2/c1-23(2)20(10-6-4-5-7-11-20)14-21-19(24)18-12-15-8-9-16(25-3)13-17(15)22-18/h8-9,12-13,22H,4-7,10-11,14H2,1-3H3,(H,21,24). The number of fused-ring (bicyclic) bond motifs is 1. The molecule has 1 heterocycles. The van der Waals surface area contributed by atoms with Gasteiger partial charge >= 0.3 is 0 Å². The van der Waals surface area contributed by atoms with Gasteiger partial charge in [0.2, 0.25) is 0 Å². The van der Waals surface area contributed by atoms with Crippen LogP contribution in [-0.2, 0) is 0 Å². The SMILES string of the molecule is COc1ccc2cc(C(=O)NCC3(N(C)C)CCCCCC3)[nH]c2c1. The number of hydrogen-bond donors (Lipinski definition) is 2. The number of carbonyl (C=O) groups is 1. The maximum atomic E-state index is 12.7. The maximum Gasteiger partial charge on any atom is 0.267 e. The number of rotatable bonds is 5. The lowest BCUT2D eigenvalue weighted by Gasteiger charge is -2.39. The minimum Gasteiger partial charge on any atom is -0.497 e. The zero-order chi connectivity index (χ0) is 17.9. The van der Waals surface area contributed by atoms with E-state index in [9.17, 15) is 4.79 Å². The van der Waals surface area contributed by atoms with Crippen molar-refractivity contribution in [1.29, 1.82) is 0 Å². The van der Waals surface area contributed by atoms with Crippen molar-refractivity contribution in [2.45, 2.75) is 44.1 Å². The summed E-state index contributed by atoms with van der Waals surface area (Å²) in [4.78, 5) is 18.2. The Morgan fingerprint density at radius 3 is 2.56 bits per heavy atom. The third kappa shape index (κ3) is 3.82. The smallest absolute Gasteiger partial charge is 0.267 e. The van der Waals surface area contributed by atoms with Crippen molar-refractivity contribution in [3.05, 3.63) is 30.0 Å². The van der Waals surface area contributed by atoms with Gasteiger partial charge < -0.3 is 19.9 Å². The fraction of sp³-hybridized carbons (Fsp3) is 0.550. The van der Waals surface area contributed by atoms with Crippen LogP contribution in [0.2, 0.25) is 0 Å². The second kappa shape index (κ2) is 7.48. The lowest BCUT2D eigenvalue weighted by atomic mass is 9.88. The Morgan fingerprint density at radius 2 is 1.92 bits per heavy atom. The molecule has 2 N–H and O–H groups in total. The highest BCUT2D eigenvalue weighted by molar-refractivity contribution is 5.98. The highest BCUT2D eigenvalue weighted by atomic mass is 16.5. The number of nitrogens with zero attached hydrogens (tertiary/aromatic N) is 1. The second-order valence-electron chi connectivity index (χ2n) is 7.35. The molecular weight excluding hydrogens is 314 g/mol. The fourth-order valence-corrected chi connectivity index (χ4v) is 3.86. The molecule has 0 unspecified atom stereocenters. The number of methoxy groups -OCH3 is 1. The van der Waals surface area contributed by atoms with Gasteiger partial charge in [-0.2, -0.15) is 0 Å². The zero-order valence-electron chi connectivity index (χ0n) is 15.5. The number of hydrogen-bond acceptors (Lipinski definition) is 3. The molecule has 1 aromatic heterocycles. The Bertz CT molecular complexity index is 728. The molecule has 25 heavy (non-hydrogen) atoms. The zero-order valence-corrected chi connectivity index (χ0v) is 15.5. The van der Waals surface area contributed by atoms with Crippen molar-refractivity contribution in [2.24, 2.45) is 0 Å². The monoisotopic (exact) mass is 343 g/mol. The highest BCUT2D eigenvalue weighted by Gasteiger charge is 2.33. The van der Waals surface area contributed by atoms with E-state index in [1.165, 1.54) is 25.7 Å². The first-order valence-corrected chi connectivity index (χ1v) is 9.16. The first-order chi connectivity index (χ1) is 12.0. The van der Waals surface area contributed by atoms with Gasteiger partial charge in [-0.1, -0.05) is 25.7 Å². The van der Waals surface area contributed by atoms with Crippen LogP contribution in [-0.4, -0.2) is 49.1 Å². The molecule has 1 aliphatic carbocycles. The van der Waals surface area contributed by atoms with E-state index in [-0.39, 0.29) is 11.4 Å². The minimum absolute atomic E-state index is 0.0411. The summed E-state index contributed by atoms with van der Waals surface area (Å²) in [6.45, 7) is 0.692. The number of ether oxygens (including phenoxy) is 1. The first kappa shape index (κ1) is 17.8. The third-order valence-corrected chi connectivity index (χ3v) is 5.64. The van der Waals surface area contributed by atoms with Gasteiger partial charge in [-0.3, -0.25) is 4.79 Å². The predicted molar refractivity (Wildman–Crippen MR) is 101 cm³/mol. The first-order valence-electron chi connectivity index (χ1n) is 9.16. The molecule has 0 aliphatic heterocycles. The number of carbonyl (C=O) groups excluding carboxylic acids is 1. The largest absolute Gasteiger partial charge is 0.497 e. The molecule has 0 spiro atoms. The molecule has 136 valence electrons. The van der Waals surface area contributed by atoms with Gasteiger partial charge in [0.1, 0.15) is 11.4 Å². The molecule has 5 heteroatoms. The number of likely N-dealkylation sites (N-methyl/N-ethyl adjacent to an activating group) is 1. The normalized spacial score (nSPS) is 17.4. The molecule has 1 aromatic carbocycles. The molecule has 1 amide bonds. The Balaban J connectivity index is 1.72. The van der Waals surface area contributed by atoms with Gasteiger partial charge in [-0.15, -0.1) is 0 Å². The third-order valence-electron chi connectivity index (χ3n) is 5.64. The van der Waals surface area contributed by atoms with E-state index < -0.39 is 0 Å². The van der Waals surface area contributed by atoms with Crippen LogP contribution >= 0.6 is 0 Å². The molecule has 2 aromatic rings. The molecule has 0 atom stereocenters. The van der Waals surface area contributed by atoms with E-state index in [1.807, 2.05) is 24.3 Å². The Morgan fingerprint density at radius 1 is 1.20 bits per heavy atom. The number of nitrogens with one attached hydrogen (secondary N) is 2. The molecular formula is C20H29N3O2. The quantitative estimate of drug-likeness (QED) is 0.816. The summed E-state index contributed by atoms with van der Waals surface area (Å²) in [5, 5.41) is 4.18. The van der Waals surface area contributed by atoms with E-state index in [0.717, 1.165) is 29.5 Å². The van der Waals surface area contributed by atoms with Crippen LogP contribution in [0.3, 0.4) is 0 Å². The Hall–Kier alpha value is -2.01. The van der Waals surface area contributed by atoms with Crippen LogP contribution in [0.15, 0.2) is 24.3 Å². The van der Waals surface area contributed by atoms with Crippen molar-refractivity contribution in [1.82, 2.24) is 15.2 Å². The van der Waals surface area contributed by atoms with E-state index in [1.54, 1.807) is 7.11 Å². The highest BCUT2D eigenvalue weighted by Crippen LogP contribution is 2.30. The molecule has 0 radical (unpaired) electrons. The average molecular weight is 343 g/mol. The summed E-state index contributed by atoms with van der Waals surface area (Å²) >= 11 is 0. The maximum absolute atomic E-state index is 12.7. The summed E-state index contributed by atoms with van der Waals surface area (Å²) in [5.41, 5.74) is 1.59. The number of aromatic nitrogens is 1. The van der Waals surface area contributed by atoms with E-state index in [2.05, 4.69) is 29.3 Å². The molecule has 1 fully saturated rings. The van der Waals surface area contributed by atoms with Crippen LogP contribution in [0.5, 0.6) is 5.75 Å². The molecule has 1 aliphatic rings. The van der Waals surface area contributed by atoms with E-state index in [0.29, 0.717) is 12.2 Å². The van der Waals surface area contributed by atoms with Crippen molar-refractivity contribution in [2.75, 3.05) is 27.7 Å². The molecule has 3 rings (SSSR count). The summed E-state index contributed by atoms with van der Waals surface area (Å²) in [5.74, 6) is 0.743. The van der Waals surface area contributed by atoms with Crippen molar-refractivity contribution in [3.8, 4) is 5.75 Å². The minimum atomic E-state index is -0.0411. The Labute approximate surface area is 149 Å². The predicted octanol–water partition coefficient (Wildman–Crippen LogP) is 3.56. The van der Waals surface area contributed by atoms with E-state index >= 15 is 0 Å². The van der Waals surface area contributed by atoms with Gasteiger partial charge in [0, 0.05) is 29.1 Å². The van der Waals surface area contributed by atoms with Crippen molar-refractivity contribution < 1.29 is 9.53 Å².